The van der Waals surface area contributed by atoms with Crippen LogP contribution < -0.4 is 5.32 Å². The molecule has 6 nitrogen and oxygen atoms in total. The van der Waals surface area contributed by atoms with Crippen molar-refractivity contribution in [2.24, 2.45) is 0 Å². The lowest BCUT2D eigenvalue weighted by Gasteiger charge is -2.20. The van der Waals surface area contributed by atoms with Crippen molar-refractivity contribution in [1.82, 2.24) is 5.32 Å². The molecule has 1 amide bonds. The fourth-order valence-corrected chi connectivity index (χ4v) is 12.1. The molecule has 0 radical (unpaired) electrons. The quantitative estimate of drug-likeness (QED) is 0.0320. The van der Waals surface area contributed by atoms with Crippen LogP contribution in [-0.4, -0.2) is 47.4 Å². The van der Waals surface area contributed by atoms with Gasteiger partial charge in [0.2, 0.25) is 5.91 Å². The maximum absolute atomic E-state index is 12.5. The lowest BCUT2D eigenvalue weighted by atomic mass is 10.0. The molecule has 0 aliphatic heterocycles. The molecule has 84 heavy (non-hydrogen) atoms. The van der Waals surface area contributed by atoms with Crippen molar-refractivity contribution in [2.45, 2.75) is 437 Å². The van der Waals surface area contributed by atoms with Gasteiger partial charge in [-0.05, 0) is 64.2 Å². The second kappa shape index (κ2) is 73.5. The number of unbranched alkanes of at least 4 members (excludes halogenated alkanes) is 57. The van der Waals surface area contributed by atoms with Crippen molar-refractivity contribution in [1.29, 1.82) is 0 Å². The third-order valence-corrected chi connectivity index (χ3v) is 17.9. The Morgan fingerprint density at radius 3 is 0.905 bits per heavy atom. The van der Waals surface area contributed by atoms with Gasteiger partial charge in [-0.2, -0.15) is 0 Å². The molecule has 0 spiro atoms. The molecule has 2 unspecified atom stereocenters. The number of aliphatic hydroxyl groups is 2. The summed E-state index contributed by atoms with van der Waals surface area (Å²) in [5.74, 6) is -0.0518. The minimum absolute atomic E-state index is 0.0150. The Morgan fingerprint density at radius 2 is 0.595 bits per heavy atom. The van der Waals surface area contributed by atoms with Gasteiger partial charge in [0, 0.05) is 12.8 Å². The third kappa shape index (κ3) is 69.2. The number of ether oxygens (including phenoxy) is 1. The van der Waals surface area contributed by atoms with E-state index in [9.17, 15) is 19.8 Å². The first-order valence-corrected chi connectivity index (χ1v) is 38.3. The van der Waals surface area contributed by atoms with Gasteiger partial charge >= 0.3 is 5.97 Å². The molecule has 496 valence electrons. The molecule has 0 bridgehead atoms. The van der Waals surface area contributed by atoms with Crippen LogP contribution >= 0.6 is 0 Å². The van der Waals surface area contributed by atoms with Gasteiger partial charge in [0.15, 0.2) is 0 Å². The molecule has 3 N–H and O–H groups in total. The van der Waals surface area contributed by atoms with Gasteiger partial charge in [0.05, 0.1) is 25.4 Å². The van der Waals surface area contributed by atoms with E-state index in [1.807, 2.05) is 6.08 Å². The highest BCUT2D eigenvalue weighted by Crippen LogP contribution is 2.19. The molecule has 0 saturated heterocycles. The summed E-state index contributed by atoms with van der Waals surface area (Å²) in [6, 6.07) is -0.632. The zero-order valence-corrected chi connectivity index (χ0v) is 56.9. The highest BCUT2D eigenvalue weighted by molar-refractivity contribution is 5.76. The molecule has 0 saturated carbocycles. The monoisotopic (exact) mass is 1180 g/mol. The molecule has 0 aromatic rings. The van der Waals surface area contributed by atoms with E-state index in [1.165, 1.54) is 353 Å². The summed E-state index contributed by atoms with van der Waals surface area (Å²) in [4.78, 5) is 24.6. The zero-order valence-electron chi connectivity index (χ0n) is 56.9. The van der Waals surface area contributed by atoms with Crippen molar-refractivity contribution < 1.29 is 24.5 Å². The van der Waals surface area contributed by atoms with Gasteiger partial charge in [0.25, 0.3) is 0 Å². The van der Waals surface area contributed by atoms with Crippen LogP contribution in [0.2, 0.25) is 0 Å². The van der Waals surface area contributed by atoms with Gasteiger partial charge < -0.3 is 20.3 Å². The van der Waals surface area contributed by atoms with Crippen LogP contribution in [0.25, 0.3) is 0 Å². The predicted octanol–water partition coefficient (Wildman–Crippen LogP) is 25.0. The number of carbonyl (C=O) groups excluding carboxylic acids is 2. The van der Waals surface area contributed by atoms with Crippen molar-refractivity contribution in [3.63, 3.8) is 0 Å². The van der Waals surface area contributed by atoms with Crippen LogP contribution in [-0.2, 0) is 14.3 Å². The molecule has 0 aliphatic carbocycles. The molecule has 6 heteroatoms. The summed E-state index contributed by atoms with van der Waals surface area (Å²) in [5.41, 5.74) is 0. The molecule has 0 aliphatic rings. The number of carbonyl (C=O) groups is 2. The van der Waals surface area contributed by atoms with E-state index in [1.54, 1.807) is 6.08 Å². The molecule has 0 rings (SSSR count). The molecule has 0 heterocycles. The summed E-state index contributed by atoms with van der Waals surface area (Å²) in [6.45, 7) is 4.95. The number of aliphatic hydroxyl groups excluding tert-OH is 2. The van der Waals surface area contributed by atoms with Crippen LogP contribution in [0.5, 0.6) is 0 Å². The van der Waals surface area contributed by atoms with Gasteiger partial charge in [-0.1, -0.05) is 384 Å². The predicted molar refractivity (Wildman–Crippen MR) is 370 cm³/mol. The Balaban J connectivity index is 3.43. The van der Waals surface area contributed by atoms with E-state index in [2.05, 4.69) is 43.5 Å². The molecule has 0 aromatic heterocycles. The zero-order chi connectivity index (χ0) is 60.6. The first kappa shape index (κ1) is 82.1. The van der Waals surface area contributed by atoms with Crippen LogP contribution in [0.1, 0.15) is 425 Å². The van der Waals surface area contributed by atoms with Crippen molar-refractivity contribution >= 4 is 11.9 Å². The Morgan fingerprint density at radius 1 is 0.333 bits per heavy atom. The molecule has 0 aromatic carbocycles. The second-order valence-corrected chi connectivity index (χ2v) is 26.3. The summed E-state index contributed by atoms with van der Waals surface area (Å²) in [7, 11) is 0. The van der Waals surface area contributed by atoms with Gasteiger partial charge in [-0.15, -0.1) is 0 Å². The highest BCUT2D eigenvalue weighted by Gasteiger charge is 2.18. The third-order valence-electron chi connectivity index (χ3n) is 17.9. The number of hydrogen-bond acceptors (Lipinski definition) is 5. The first-order chi connectivity index (χ1) is 41.5. The van der Waals surface area contributed by atoms with Gasteiger partial charge in [-0.25, -0.2) is 0 Å². The minimum Gasteiger partial charge on any atom is -0.466 e. The average molecular weight is 1180 g/mol. The van der Waals surface area contributed by atoms with Crippen LogP contribution in [0, 0.1) is 0 Å². The lowest BCUT2D eigenvalue weighted by molar-refractivity contribution is -0.143. The number of esters is 1. The van der Waals surface area contributed by atoms with E-state index >= 15 is 0 Å². The summed E-state index contributed by atoms with van der Waals surface area (Å²) in [5, 5.41) is 23.3. The van der Waals surface area contributed by atoms with Crippen molar-refractivity contribution in [2.75, 3.05) is 13.2 Å². The van der Waals surface area contributed by atoms with E-state index < -0.39 is 12.1 Å². The summed E-state index contributed by atoms with van der Waals surface area (Å²) < 4.78 is 5.50. The van der Waals surface area contributed by atoms with E-state index in [0.717, 1.165) is 44.9 Å². The lowest BCUT2D eigenvalue weighted by Crippen LogP contribution is -2.45. The number of amides is 1. The summed E-state index contributed by atoms with van der Waals surface area (Å²) in [6.07, 6.45) is 95.3. The Hall–Kier alpha value is -1.92. The Labute approximate surface area is 525 Å². The number of allylic oxidation sites excluding steroid dienone is 5. The van der Waals surface area contributed by atoms with Crippen LogP contribution in [0.15, 0.2) is 36.5 Å². The molecular formula is C78H149NO5. The fraction of sp³-hybridized carbons (Fsp3) is 0.897. The SMILES string of the molecule is CCCCCCCCCCCCCCCCCCCCCCC/C=C/C(O)C(CO)NC(=O)CCCCCCCCCCCCC/C=C\C/C=C\CCCCCCCCCCCOC(=O)CCCCCCCCCCCCCCCCCCC. The van der Waals surface area contributed by atoms with E-state index in [4.69, 9.17) is 4.74 Å². The van der Waals surface area contributed by atoms with Crippen molar-refractivity contribution in [3.8, 4) is 0 Å². The van der Waals surface area contributed by atoms with Crippen LogP contribution in [0.3, 0.4) is 0 Å². The van der Waals surface area contributed by atoms with E-state index in [0.29, 0.717) is 19.4 Å². The number of hydrogen-bond donors (Lipinski definition) is 3. The summed E-state index contributed by atoms with van der Waals surface area (Å²) >= 11 is 0. The first-order valence-electron chi connectivity index (χ1n) is 38.3. The van der Waals surface area contributed by atoms with E-state index in [-0.39, 0.29) is 18.5 Å². The highest BCUT2D eigenvalue weighted by atomic mass is 16.5. The number of nitrogens with one attached hydrogen (secondary N) is 1. The smallest absolute Gasteiger partial charge is 0.305 e. The fourth-order valence-electron chi connectivity index (χ4n) is 12.1. The standard InChI is InChI=1S/C78H149NO5/c1-3-5-7-9-11-13-15-17-19-21-22-23-29-32-35-39-42-46-50-54-58-62-66-70-76(81)75(74-80)79-77(82)71-67-63-59-55-51-47-43-40-36-33-30-27-25-24-26-28-31-34-37-41-45-49-53-57-61-65-69-73-84-78(83)72-68-64-60-56-52-48-44-38-20-18-16-14-12-10-8-6-4-2/h24-25,28,31,66,70,75-76,80-81H,3-23,26-27,29-30,32-65,67-69,71-74H2,1-2H3,(H,79,82)/b25-24-,31-28-,70-66+. The second-order valence-electron chi connectivity index (χ2n) is 26.3. The average Bonchev–Trinajstić information content (AvgIpc) is 3.50. The van der Waals surface area contributed by atoms with Gasteiger partial charge in [0.1, 0.15) is 0 Å². The van der Waals surface area contributed by atoms with Crippen molar-refractivity contribution in [3.05, 3.63) is 36.5 Å². The number of rotatable bonds is 72. The van der Waals surface area contributed by atoms with Gasteiger partial charge in [-0.3, -0.25) is 9.59 Å². The minimum atomic E-state index is -0.848. The normalized spacial score (nSPS) is 12.7. The molecule has 0 fully saturated rings. The maximum Gasteiger partial charge on any atom is 0.305 e. The molecule has 2 atom stereocenters. The largest absolute Gasteiger partial charge is 0.466 e. The molecular weight excluding hydrogens is 1030 g/mol. The topological polar surface area (TPSA) is 95.9 Å². The Bertz CT molecular complexity index is 1360. The van der Waals surface area contributed by atoms with Crippen LogP contribution in [0.4, 0.5) is 0 Å². The Kier molecular flexibility index (Phi) is 71.9. The maximum atomic E-state index is 12.5.